The van der Waals surface area contributed by atoms with Gasteiger partial charge in [0.1, 0.15) is 5.82 Å². The molecule has 3 fully saturated rings. The number of aromatic hydroxyl groups is 1. The van der Waals surface area contributed by atoms with Crippen molar-refractivity contribution >= 4 is 74.1 Å². The van der Waals surface area contributed by atoms with Crippen molar-refractivity contribution in [3.63, 3.8) is 0 Å². The average molecular weight is 728 g/mol. The Morgan fingerprint density at radius 2 is 1.57 bits per heavy atom. The zero-order valence-electron chi connectivity index (χ0n) is 24.3. The van der Waals surface area contributed by atoms with E-state index in [0.717, 1.165) is 26.4 Å². The van der Waals surface area contributed by atoms with Gasteiger partial charge in [0.05, 0.1) is 29.8 Å². The normalized spacial score (nSPS) is 30.2. The van der Waals surface area contributed by atoms with Crippen LogP contribution >= 0.6 is 39.1 Å². The summed E-state index contributed by atoms with van der Waals surface area (Å²) in [5, 5.41) is 11.5. The van der Waals surface area contributed by atoms with Crippen LogP contribution in [0.25, 0.3) is 0 Å². The summed E-state index contributed by atoms with van der Waals surface area (Å²) >= 11 is 18.1. The summed E-state index contributed by atoms with van der Waals surface area (Å²) in [5.74, 6) is -6.87. The number of fused-ring (bicyclic) bond motifs is 4. The lowest BCUT2D eigenvalue weighted by Crippen LogP contribution is -2.60. The Labute approximate surface area is 281 Å². The number of halogens is 4. The van der Waals surface area contributed by atoms with Crippen molar-refractivity contribution in [3.05, 3.63) is 94.2 Å². The van der Waals surface area contributed by atoms with Crippen molar-refractivity contribution in [3.8, 4) is 11.5 Å². The van der Waals surface area contributed by atoms with Crippen molar-refractivity contribution in [1.29, 1.82) is 0 Å². The van der Waals surface area contributed by atoms with Crippen molar-refractivity contribution < 1.29 is 33.4 Å². The summed E-state index contributed by atoms with van der Waals surface area (Å²) in [6.45, 7) is 1.99. The number of imide groups is 2. The smallest absolute Gasteiger partial charge is 0.258 e. The van der Waals surface area contributed by atoms with E-state index in [-0.39, 0.29) is 48.1 Å². The molecule has 6 atom stereocenters. The molecular weight excluding hydrogens is 702 g/mol. The van der Waals surface area contributed by atoms with E-state index in [4.69, 9.17) is 27.9 Å². The predicted octanol–water partition coefficient (Wildman–Crippen LogP) is 6.46. The maximum Gasteiger partial charge on any atom is 0.258 e. The van der Waals surface area contributed by atoms with Crippen LogP contribution in [-0.2, 0) is 19.2 Å². The van der Waals surface area contributed by atoms with Gasteiger partial charge in [-0.3, -0.25) is 24.1 Å². The van der Waals surface area contributed by atoms with E-state index < -0.39 is 57.0 Å². The largest absolute Gasteiger partial charge is 0.504 e. The second kappa shape index (κ2) is 10.9. The number of amides is 4. The molecule has 0 unspecified atom stereocenters. The van der Waals surface area contributed by atoms with E-state index in [0.29, 0.717) is 11.3 Å². The Hall–Kier alpha value is -3.73. The monoisotopic (exact) mass is 726 g/mol. The van der Waals surface area contributed by atoms with Crippen LogP contribution < -0.4 is 14.5 Å². The van der Waals surface area contributed by atoms with Gasteiger partial charge in [0, 0.05) is 16.0 Å². The van der Waals surface area contributed by atoms with Crippen LogP contribution in [0.3, 0.4) is 0 Å². The first-order valence-electron chi connectivity index (χ1n) is 14.7. The van der Waals surface area contributed by atoms with Crippen LogP contribution in [0.1, 0.15) is 31.2 Å². The van der Waals surface area contributed by atoms with Crippen LogP contribution in [0.15, 0.2) is 82.9 Å². The standard InChI is InChI=1S/C34H26BrCl2FN2O6/c1-2-46-25-5-3-4-23(28(25)41)27-21-14-15-22-26(30(43)39(29(22)42)19-10-6-17(35)7-11-19)24(21)16-33(36)31(44)40(32(45)34(27,33)37)20-12-8-18(38)9-13-20/h3-14,22,24,26-27,41H,2,15-16H2,1H3/t22-,24+,26-,27+,33+,34-/m0/s1. The zero-order valence-corrected chi connectivity index (χ0v) is 27.4. The third-order valence-electron chi connectivity index (χ3n) is 9.62. The molecule has 2 aliphatic heterocycles. The molecule has 7 rings (SSSR count). The number of rotatable bonds is 5. The maximum atomic E-state index is 14.5. The second-order valence-corrected chi connectivity index (χ2v) is 14.0. The molecule has 236 valence electrons. The fourth-order valence-corrected chi connectivity index (χ4v) is 8.82. The third-order valence-corrected chi connectivity index (χ3v) is 11.6. The predicted molar refractivity (Wildman–Crippen MR) is 172 cm³/mol. The minimum Gasteiger partial charge on any atom is -0.504 e. The Bertz CT molecular complexity index is 1850. The summed E-state index contributed by atoms with van der Waals surface area (Å²) in [4.78, 5) is 54.5. The van der Waals surface area contributed by atoms with Crippen molar-refractivity contribution in [2.24, 2.45) is 17.8 Å². The number of phenolic OH excluding ortho intramolecular Hbond substituents is 1. The molecule has 8 nitrogen and oxygen atoms in total. The number of benzene rings is 3. The summed E-state index contributed by atoms with van der Waals surface area (Å²) in [6.07, 6.45) is 1.73. The topological polar surface area (TPSA) is 104 Å². The molecule has 46 heavy (non-hydrogen) atoms. The van der Waals surface area contributed by atoms with Crippen LogP contribution in [0.5, 0.6) is 11.5 Å². The molecule has 2 aliphatic carbocycles. The van der Waals surface area contributed by atoms with Crippen molar-refractivity contribution in [2.75, 3.05) is 16.4 Å². The van der Waals surface area contributed by atoms with Crippen LogP contribution in [0, 0.1) is 23.6 Å². The van der Waals surface area contributed by atoms with Gasteiger partial charge in [-0.25, -0.2) is 9.29 Å². The van der Waals surface area contributed by atoms with E-state index >= 15 is 0 Å². The summed E-state index contributed by atoms with van der Waals surface area (Å²) < 4.78 is 20.3. The van der Waals surface area contributed by atoms with Gasteiger partial charge < -0.3 is 9.84 Å². The van der Waals surface area contributed by atoms with Gasteiger partial charge in [0.2, 0.25) is 11.8 Å². The average Bonchev–Trinajstić information content (AvgIpc) is 3.37. The molecule has 3 aromatic carbocycles. The highest BCUT2D eigenvalue weighted by Gasteiger charge is 2.77. The molecule has 0 aromatic heterocycles. The van der Waals surface area contributed by atoms with Gasteiger partial charge in [0.25, 0.3) is 11.8 Å². The molecular formula is C34H26BrCl2FN2O6. The number of alkyl halides is 2. The van der Waals surface area contributed by atoms with Gasteiger partial charge >= 0.3 is 0 Å². The molecule has 4 aliphatic rings. The molecule has 12 heteroatoms. The van der Waals surface area contributed by atoms with E-state index in [1.807, 2.05) is 0 Å². The molecule has 4 amide bonds. The number of carbonyl (C=O) groups excluding carboxylic acids is 4. The maximum absolute atomic E-state index is 14.5. The lowest BCUT2D eigenvalue weighted by atomic mass is 9.56. The van der Waals surface area contributed by atoms with Crippen LogP contribution in [0.2, 0.25) is 0 Å². The number of anilines is 2. The number of allylic oxidation sites excluding steroid dienone is 2. The Kier molecular flexibility index (Phi) is 7.34. The highest BCUT2D eigenvalue weighted by atomic mass is 79.9. The zero-order chi connectivity index (χ0) is 32.7. The number of phenols is 1. The number of nitrogens with zero attached hydrogens (tertiary/aromatic N) is 2. The quantitative estimate of drug-likeness (QED) is 0.184. The number of hydrogen-bond acceptors (Lipinski definition) is 6. The van der Waals surface area contributed by atoms with Crippen molar-refractivity contribution in [1.82, 2.24) is 0 Å². The Morgan fingerprint density at radius 3 is 2.24 bits per heavy atom. The van der Waals surface area contributed by atoms with Gasteiger partial charge in [-0.1, -0.05) is 39.7 Å². The first-order valence-corrected chi connectivity index (χ1v) is 16.3. The Morgan fingerprint density at radius 1 is 0.913 bits per heavy atom. The van der Waals surface area contributed by atoms with Gasteiger partial charge in [-0.05, 0) is 80.3 Å². The molecule has 0 spiro atoms. The summed E-state index contributed by atoms with van der Waals surface area (Å²) in [7, 11) is 0. The van der Waals surface area contributed by atoms with E-state index in [9.17, 15) is 28.7 Å². The molecule has 3 aromatic rings. The van der Waals surface area contributed by atoms with Crippen molar-refractivity contribution in [2.45, 2.75) is 35.4 Å². The van der Waals surface area contributed by atoms with Gasteiger partial charge in [-0.2, -0.15) is 0 Å². The highest BCUT2D eigenvalue weighted by Crippen LogP contribution is 2.66. The lowest BCUT2D eigenvalue weighted by molar-refractivity contribution is -0.125. The molecule has 0 bridgehead atoms. The summed E-state index contributed by atoms with van der Waals surface area (Å²) in [5.41, 5.74) is 1.19. The van der Waals surface area contributed by atoms with Gasteiger partial charge in [0.15, 0.2) is 21.2 Å². The molecule has 0 radical (unpaired) electrons. The summed E-state index contributed by atoms with van der Waals surface area (Å²) in [6, 6.07) is 16.3. The van der Waals surface area contributed by atoms with E-state index in [1.165, 1.54) is 12.1 Å². The molecule has 1 N–H and O–H groups in total. The molecule has 1 saturated carbocycles. The highest BCUT2D eigenvalue weighted by molar-refractivity contribution is 9.10. The first-order chi connectivity index (χ1) is 21.9. The molecule has 2 saturated heterocycles. The van der Waals surface area contributed by atoms with E-state index in [1.54, 1.807) is 55.5 Å². The number of para-hydroxylation sites is 1. The fourth-order valence-electron chi connectivity index (χ4n) is 7.63. The Balaban J connectivity index is 1.41. The first kappa shape index (κ1) is 30.9. The second-order valence-electron chi connectivity index (χ2n) is 11.9. The number of carbonyl (C=O) groups is 4. The minimum atomic E-state index is -2.17. The fraction of sp³-hybridized carbons (Fsp3) is 0.294. The SMILES string of the molecule is CCOc1cccc([C@H]2C3=CC[C@@H]4C(=O)N(c5ccc(Br)cc5)C(=O)[C@@H]4[C@@H]3C[C@@]3(Cl)C(=O)N(c4ccc(F)cc4)C(=O)[C@@]23Cl)c1O. The lowest BCUT2D eigenvalue weighted by Gasteiger charge is -2.50. The molecule has 2 heterocycles. The number of hydrogen-bond donors (Lipinski definition) is 1. The third kappa shape index (κ3) is 4.15. The van der Waals surface area contributed by atoms with Gasteiger partial charge in [-0.15, -0.1) is 23.2 Å². The van der Waals surface area contributed by atoms with Crippen LogP contribution in [0.4, 0.5) is 15.8 Å². The van der Waals surface area contributed by atoms with E-state index in [2.05, 4.69) is 15.9 Å². The van der Waals surface area contributed by atoms with Crippen LogP contribution in [-0.4, -0.2) is 45.1 Å². The number of ether oxygens (including phenoxy) is 1. The minimum absolute atomic E-state index is 0.0697.